The van der Waals surface area contributed by atoms with Gasteiger partial charge in [0, 0.05) is 25.5 Å². The van der Waals surface area contributed by atoms with Crippen molar-refractivity contribution in [2.24, 2.45) is 0 Å². The van der Waals surface area contributed by atoms with E-state index in [1.165, 1.54) is 0 Å². The van der Waals surface area contributed by atoms with Gasteiger partial charge in [-0.25, -0.2) is 9.97 Å². The fraction of sp³-hybridized carbons (Fsp3) is 0.333. The number of unbranched alkanes of at least 4 members (excludes halogenated alkanes) is 1. The Balaban J connectivity index is 1.53. The summed E-state index contributed by atoms with van der Waals surface area (Å²) in [5.74, 6) is 0.695. The Kier molecular flexibility index (Phi) is 3.78. The summed E-state index contributed by atoms with van der Waals surface area (Å²) in [4.78, 5) is 19.3. The van der Waals surface area contributed by atoms with Crippen LogP contribution in [0.5, 0.6) is 0 Å². The number of aryl methyl sites for hydroxylation is 1. The SMILES string of the molecule is Clc1nc(NCCCCn2ccnc2)c2[nH]cnc2n1. The molecule has 0 saturated carbocycles. The monoisotopic (exact) mass is 291 g/mol. The summed E-state index contributed by atoms with van der Waals surface area (Å²) in [7, 11) is 0. The Morgan fingerprint density at radius 1 is 1.30 bits per heavy atom. The van der Waals surface area contributed by atoms with Crippen molar-refractivity contribution in [2.45, 2.75) is 19.4 Å². The average molecular weight is 292 g/mol. The molecule has 7 nitrogen and oxygen atoms in total. The maximum absolute atomic E-state index is 5.86. The van der Waals surface area contributed by atoms with Gasteiger partial charge in [-0.15, -0.1) is 0 Å². The Morgan fingerprint density at radius 2 is 2.25 bits per heavy atom. The van der Waals surface area contributed by atoms with E-state index in [0.717, 1.165) is 31.4 Å². The van der Waals surface area contributed by atoms with E-state index in [9.17, 15) is 0 Å². The zero-order chi connectivity index (χ0) is 13.8. The van der Waals surface area contributed by atoms with E-state index < -0.39 is 0 Å². The molecule has 3 rings (SSSR count). The number of imidazole rings is 2. The molecule has 0 amide bonds. The summed E-state index contributed by atoms with van der Waals surface area (Å²) in [5, 5.41) is 3.46. The molecule has 0 atom stereocenters. The second-order valence-corrected chi connectivity index (χ2v) is 4.71. The largest absolute Gasteiger partial charge is 0.368 e. The van der Waals surface area contributed by atoms with Gasteiger partial charge in [0.15, 0.2) is 11.5 Å². The first-order valence-electron chi connectivity index (χ1n) is 6.39. The molecule has 0 aliphatic carbocycles. The van der Waals surface area contributed by atoms with Crippen molar-refractivity contribution >= 4 is 28.6 Å². The van der Waals surface area contributed by atoms with E-state index in [0.29, 0.717) is 11.5 Å². The third-order valence-electron chi connectivity index (χ3n) is 2.95. The molecule has 0 saturated heterocycles. The summed E-state index contributed by atoms with van der Waals surface area (Å²) in [6.07, 6.45) is 9.25. The molecule has 0 radical (unpaired) electrons. The zero-order valence-corrected chi connectivity index (χ0v) is 11.5. The normalized spacial score (nSPS) is 11.1. The molecule has 3 heterocycles. The van der Waals surface area contributed by atoms with Gasteiger partial charge in [-0.05, 0) is 24.4 Å². The molecule has 3 aromatic heterocycles. The molecule has 0 unspecified atom stereocenters. The van der Waals surface area contributed by atoms with E-state index in [2.05, 4.69) is 34.8 Å². The summed E-state index contributed by atoms with van der Waals surface area (Å²) in [6.45, 7) is 1.78. The second kappa shape index (κ2) is 5.87. The van der Waals surface area contributed by atoms with E-state index in [4.69, 9.17) is 11.6 Å². The first-order chi connectivity index (χ1) is 9.83. The Bertz CT molecular complexity index is 676. The highest BCUT2D eigenvalue weighted by Crippen LogP contribution is 2.18. The van der Waals surface area contributed by atoms with Gasteiger partial charge in [0.2, 0.25) is 5.28 Å². The minimum atomic E-state index is 0.200. The van der Waals surface area contributed by atoms with Crippen LogP contribution in [0.1, 0.15) is 12.8 Å². The lowest BCUT2D eigenvalue weighted by Crippen LogP contribution is -2.06. The van der Waals surface area contributed by atoms with Crippen molar-refractivity contribution in [1.29, 1.82) is 0 Å². The quantitative estimate of drug-likeness (QED) is 0.537. The van der Waals surface area contributed by atoms with Crippen LogP contribution in [0.25, 0.3) is 11.2 Å². The lowest BCUT2D eigenvalue weighted by atomic mass is 10.3. The Morgan fingerprint density at radius 3 is 3.10 bits per heavy atom. The van der Waals surface area contributed by atoms with Gasteiger partial charge >= 0.3 is 0 Å². The van der Waals surface area contributed by atoms with Gasteiger partial charge in [-0.1, -0.05) is 0 Å². The summed E-state index contributed by atoms with van der Waals surface area (Å²) < 4.78 is 2.06. The third-order valence-corrected chi connectivity index (χ3v) is 3.12. The van der Waals surface area contributed by atoms with Crippen LogP contribution in [0.4, 0.5) is 5.82 Å². The van der Waals surface area contributed by atoms with Crippen LogP contribution >= 0.6 is 11.6 Å². The van der Waals surface area contributed by atoms with Crippen LogP contribution in [0, 0.1) is 0 Å². The molecule has 3 aromatic rings. The highest BCUT2D eigenvalue weighted by Gasteiger charge is 2.07. The van der Waals surface area contributed by atoms with Gasteiger partial charge in [0.25, 0.3) is 0 Å². The molecule has 0 bridgehead atoms. The first kappa shape index (κ1) is 12.9. The van der Waals surface area contributed by atoms with Gasteiger partial charge in [0.05, 0.1) is 12.7 Å². The van der Waals surface area contributed by atoms with Crippen LogP contribution in [-0.4, -0.2) is 36.0 Å². The van der Waals surface area contributed by atoms with Crippen molar-refractivity contribution < 1.29 is 0 Å². The predicted octanol–water partition coefficient (Wildman–Crippen LogP) is 2.10. The van der Waals surface area contributed by atoms with Crippen molar-refractivity contribution in [2.75, 3.05) is 11.9 Å². The van der Waals surface area contributed by atoms with Crippen molar-refractivity contribution in [3.63, 3.8) is 0 Å². The third kappa shape index (κ3) is 2.88. The van der Waals surface area contributed by atoms with Gasteiger partial charge in [-0.3, -0.25) is 0 Å². The lowest BCUT2D eigenvalue weighted by Gasteiger charge is -2.06. The molecular formula is C12H14ClN7. The number of nitrogens with zero attached hydrogens (tertiary/aromatic N) is 5. The molecule has 0 aliphatic heterocycles. The highest BCUT2D eigenvalue weighted by atomic mass is 35.5. The number of rotatable bonds is 6. The smallest absolute Gasteiger partial charge is 0.226 e. The number of H-pyrrole nitrogens is 1. The van der Waals surface area contributed by atoms with Crippen LogP contribution in [0.2, 0.25) is 5.28 Å². The number of anilines is 1. The Hall–Kier alpha value is -2.15. The highest BCUT2D eigenvalue weighted by molar-refractivity contribution is 6.28. The molecule has 0 aliphatic rings. The standard InChI is InChI=1S/C12H14ClN7/c13-12-18-10(9-11(19-12)17-7-16-9)15-3-1-2-5-20-6-4-14-8-20/h4,6-8H,1-3,5H2,(H2,15,16,17,18,19). The van der Waals surface area contributed by atoms with Crippen LogP contribution in [0.3, 0.4) is 0 Å². The molecule has 8 heteroatoms. The van der Waals surface area contributed by atoms with Gasteiger partial charge in [-0.2, -0.15) is 9.97 Å². The fourth-order valence-corrected chi connectivity index (χ4v) is 2.14. The van der Waals surface area contributed by atoms with E-state index in [-0.39, 0.29) is 5.28 Å². The number of hydrogen-bond acceptors (Lipinski definition) is 5. The van der Waals surface area contributed by atoms with Crippen molar-refractivity contribution in [1.82, 2.24) is 29.5 Å². The number of hydrogen-bond donors (Lipinski definition) is 2. The predicted molar refractivity (Wildman–Crippen MR) is 76.6 cm³/mol. The molecule has 2 N–H and O–H groups in total. The van der Waals surface area contributed by atoms with Crippen LogP contribution < -0.4 is 5.32 Å². The number of aromatic amines is 1. The maximum Gasteiger partial charge on any atom is 0.226 e. The number of nitrogens with one attached hydrogen (secondary N) is 2. The molecule has 0 fully saturated rings. The lowest BCUT2D eigenvalue weighted by molar-refractivity contribution is 0.621. The average Bonchev–Trinajstić information content (AvgIpc) is 3.08. The number of halogens is 1. The summed E-state index contributed by atoms with van der Waals surface area (Å²) in [5.41, 5.74) is 1.36. The zero-order valence-electron chi connectivity index (χ0n) is 10.8. The van der Waals surface area contributed by atoms with Crippen molar-refractivity contribution in [3.05, 3.63) is 30.3 Å². The molecule has 0 spiro atoms. The number of aromatic nitrogens is 6. The minimum Gasteiger partial charge on any atom is -0.368 e. The van der Waals surface area contributed by atoms with E-state index in [1.54, 1.807) is 12.5 Å². The van der Waals surface area contributed by atoms with Crippen LogP contribution in [-0.2, 0) is 6.54 Å². The second-order valence-electron chi connectivity index (χ2n) is 4.38. The van der Waals surface area contributed by atoms with Gasteiger partial charge < -0.3 is 14.9 Å². The van der Waals surface area contributed by atoms with Gasteiger partial charge in [0.1, 0.15) is 5.52 Å². The molecule has 104 valence electrons. The minimum absolute atomic E-state index is 0.200. The maximum atomic E-state index is 5.86. The Labute approximate surface area is 120 Å². The molecule has 0 aromatic carbocycles. The van der Waals surface area contributed by atoms with E-state index >= 15 is 0 Å². The molecular weight excluding hydrogens is 278 g/mol. The number of fused-ring (bicyclic) bond motifs is 1. The van der Waals surface area contributed by atoms with E-state index in [1.807, 2.05) is 12.5 Å². The fourth-order valence-electron chi connectivity index (χ4n) is 1.98. The molecule has 20 heavy (non-hydrogen) atoms. The summed E-state index contributed by atoms with van der Waals surface area (Å²) >= 11 is 5.86. The topological polar surface area (TPSA) is 84.3 Å². The first-order valence-corrected chi connectivity index (χ1v) is 6.77. The summed E-state index contributed by atoms with van der Waals surface area (Å²) in [6, 6.07) is 0. The van der Waals surface area contributed by atoms with Crippen molar-refractivity contribution in [3.8, 4) is 0 Å². The van der Waals surface area contributed by atoms with Crippen LogP contribution in [0.15, 0.2) is 25.0 Å².